The Morgan fingerprint density at radius 2 is 2.17 bits per heavy atom. The van der Waals surface area contributed by atoms with Gasteiger partial charge in [0.25, 0.3) is 5.91 Å². The van der Waals surface area contributed by atoms with Gasteiger partial charge in [0.2, 0.25) is 0 Å². The van der Waals surface area contributed by atoms with Crippen LogP contribution in [0.3, 0.4) is 0 Å². The van der Waals surface area contributed by atoms with Crippen molar-refractivity contribution in [2.75, 3.05) is 25.5 Å². The number of carbonyl (C=O) groups is 1. The third-order valence-corrected chi connectivity index (χ3v) is 2.33. The molecule has 2 N–H and O–H groups in total. The molecule has 18 heavy (non-hydrogen) atoms. The molecule has 0 atom stereocenters. The molecule has 0 aliphatic rings. The maximum absolute atomic E-state index is 12.0. The van der Waals surface area contributed by atoms with E-state index in [1.54, 1.807) is 33.2 Å². The number of nitrogens with zero attached hydrogens (tertiary/aromatic N) is 2. The first-order valence-electron chi connectivity index (χ1n) is 6.01. The van der Waals surface area contributed by atoms with E-state index in [4.69, 9.17) is 0 Å². The highest BCUT2D eigenvalue weighted by atomic mass is 16.3. The summed E-state index contributed by atoms with van der Waals surface area (Å²) in [5, 5.41) is 12.8. The van der Waals surface area contributed by atoms with Crippen molar-refractivity contribution >= 4 is 11.6 Å². The lowest BCUT2D eigenvalue weighted by atomic mass is 10.1. The molecule has 0 aliphatic carbocycles. The fourth-order valence-corrected chi connectivity index (χ4v) is 1.68. The van der Waals surface area contributed by atoms with Crippen LogP contribution in [0.25, 0.3) is 0 Å². The van der Waals surface area contributed by atoms with Gasteiger partial charge < -0.3 is 15.3 Å². The van der Waals surface area contributed by atoms with E-state index < -0.39 is 5.60 Å². The molecule has 1 amide bonds. The molecule has 1 aromatic heterocycles. The zero-order chi connectivity index (χ0) is 13.8. The summed E-state index contributed by atoms with van der Waals surface area (Å²) < 4.78 is 0. The van der Waals surface area contributed by atoms with Crippen LogP contribution < -0.4 is 5.32 Å². The van der Waals surface area contributed by atoms with Crippen LogP contribution in [0.4, 0.5) is 5.69 Å². The van der Waals surface area contributed by atoms with Crippen LogP contribution in [0.1, 0.15) is 31.3 Å². The van der Waals surface area contributed by atoms with Gasteiger partial charge >= 0.3 is 0 Å². The number of hydrogen-bond donors (Lipinski definition) is 2. The van der Waals surface area contributed by atoms with Gasteiger partial charge in [-0.1, -0.05) is 0 Å². The van der Waals surface area contributed by atoms with Crippen molar-refractivity contribution in [1.29, 1.82) is 0 Å². The van der Waals surface area contributed by atoms with Crippen LogP contribution in [0, 0.1) is 0 Å². The Hall–Kier alpha value is -1.62. The number of nitrogens with one attached hydrogen (secondary N) is 1. The Balaban J connectivity index is 2.72. The summed E-state index contributed by atoms with van der Waals surface area (Å²) in [6, 6.07) is 3.50. The van der Waals surface area contributed by atoms with Gasteiger partial charge in [-0.05, 0) is 32.9 Å². The van der Waals surface area contributed by atoms with Crippen molar-refractivity contribution in [2.45, 2.75) is 26.4 Å². The Morgan fingerprint density at radius 1 is 1.50 bits per heavy atom. The molecule has 5 heteroatoms. The Labute approximate surface area is 108 Å². The van der Waals surface area contributed by atoms with Gasteiger partial charge in [-0.15, -0.1) is 0 Å². The number of hydrogen-bond acceptors (Lipinski definition) is 4. The van der Waals surface area contributed by atoms with Crippen LogP contribution in [0.5, 0.6) is 0 Å². The molecule has 0 fully saturated rings. The molecular formula is C13H21N3O2. The number of rotatable bonds is 5. The van der Waals surface area contributed by atoms with Crippen molar-refractivity contribution < 1.29 is 9.90 Å². The molecule has 100 valence electrons. The first kappa shape index (κ1) is 14.4. The molecule has 0 saturated heterocycles. The lowest BCUT2D eigenvalue weighted by molar-refractivity contribution is 0.0365. The van der Waals surface area contributed by atoms with Crippen molar-refractivity contribution in [3.05, 3.63) is 24.0 Å². The number of pyridine rings is 1. The summed E-state index contributed by atoms with van der Waals surface area (Å²) in [5.74, 6) is -0.194. The molecule has 1 aromatic rings. The summed E-state index contributed by atoms with van der Waals surface area (Å²) in [6.07, 6.45) is 1.63. The molecule has 0 spiro atoms. The minimum atomic E-state index is -0.909. The van der Waals surface area contributed by atoms with Gasteiger partial charge in [0.15, 0.2) is 0 Å². The lowest BCUT2D eigenvalue weighted by Crippen LogP contribution is -2.39. The lowest BCUT2D eigenvalue weighted by Gasteiger charge is -2.25. The first-order valence-corrected chi connectivity index (χ1v) is 6.01. The minimum Gasteiger partial charge on any atom is -0.389 e. The fraction of sp³-hybridized carbons (Fsp3) is 0.538. The van der Waals surface area contributed by atoms with E-state index in [0.717, 1.165) is 12.2 Å². The number of amides is 1. The first-order chi connectivity index (χ1) is 8.33. The highest BCUT2D eigenvalue weighted by Crippen LogP contribution is 2.09. The topological polar surface area (TPSA) is 65.5 Å². The molecule has 1 rings (SSSR count). The Morgan fingerprint density at radius 3 is 2.61 bits per heavy atom. The number of aromatic nitrogens is 1. The summed E-state index contributed by atoms with van der Waals surface area (Å²) in [4.78, 5) is 17.6. The fourth-order valence-electron chi connectivity index (χ4n) is 1.68. The van der Waals surface area contributed by atoms with E-state index in [9.17, 15) is 9.90 Å². The van der Waals surface area contributed by atoms with E-state index in [2.05, 4.69) is 10.3 Å². The van der Waals surface area contributed by atoms with Gasteiger partial charge in [-0.3, -0.25) is 4.79 Å². The third kappa shape index (κ3) is 4.33. The van der Waals surface area contributed by atoms with Crippen LogP contribution in [-0.4, -0.2) is 46.6 Å². The zero-order valence-corrected chi connectivity index (χ0v) is 11.4. The number of likely N-dealkylation sites (N-methyl/N-ethyl adjacent to an activating group) is 1. The second kappa shape index (κ2) is 5.82. The number of aliphatic hydroxyl groups is 1. The van der Waals surface area contributed by atoms with Crippen LogP contribution in [0.15, 0.2) is 18.3 Å². The van der Waals surface area contributed by atoms with Crippen molar-refractivity contribution in [3.8, 4) is 0 Å². The van der Waals surface area contributed by atoms with E-state index in [-0.39, 0.29) is 12.5 Å². The molecule has 0 bridgehead atoms. The summed E-state index contributed by atoms with van der Waals surface area (Å²) >= 11 is 0. The SMILES string of the molecule is CCNc1ccc(C(=O)N(C)CC(C)(C)O)nc1. The number of anilines is 1. The van der Waals surface area contributed by atoms with Gasteiger partial charge in [0.05, 0.1) is 17.5 Å². The molecule has 1 heterocycles. The highest BCUT2D eigenvalue weighted by molar-refractivity contribution is 5.92. The quantitative estimate of drug-likeness (QED) is 0.829. The monoisotopic (exact) mass is 251 g/mol. The van der Waals surface area contributed by atoms with E-state index in [1.807, 2.05) is 13.0 Å². The molecule has 5 nitrogen and oxygen atoms in total. The summed E-state index contributed by atoms with van der Waals surface area (Å²) in [5.41, 5.74) is 0.358. The predicted octanol–water partition coefficient (Wildman–Crippen LogP) is 1.36. The van der Waals surface area contributed by atoms with Crippen molar-refractivity contribution in [2.24, 2.45) is 0 Å². The van der Waals surface area contributed by atoms with E-state index in [1.165, 1.54) is 4.90 Å². The smallest absolute Gasteiger partial charge is 0.272 e. The van der Waals surface area contributed by atoms with Crippen LogP contribution in [0.2, 0.25) is 0 Å². The largest absolute Gasteiger partial charge is 0.389 e. The molecular weight excluding hydrogens is 230 g/mol. The zero-order valence-electron chi connectivity index (χ0n) is 11.4. The number of carbonyl (C=O) groups excluding carboxylic acids is 1. The van der Waals surface area contributed by atoms with Crippen LogP contribution in [-0.2, 0) is 0 Å². The minimum absolute atomic E-state index is 0.194. The second-order valence-corrected chi connectivity index (χ2v) is 4.94. The molecule has 0 aliphatic heterocycles. The third-order valence-electron chi connectivity index (χ3n) is 2.33. The van der Waals surface area contributed by atoms with E-state index in [0.29, 0.717) is 5.69 Å². The van der Waals surface area contributed by atoms with Gasteiger partial charge in [0, 0.05) is 20.1 Å². The Kier molecular flexibility index (Phi) is 4.67. The average molecular weight is 251 g/mol. The standard InChI is InChI=1S/C13H21N3O2/c1-5-14-10-6-7-11(15-8-10)12(17)16(4)9-13(2,3)18/h6-8,14,18H,5,9H2,1-4H3. The van der Waals surface area contributed by atoms with Gasteiger partial charge in [-0.25, -0.2) is 4.98 Å². The molecule has 0 unspecified atom stereocenters. The summed E-state index contributed by atoms with van der Waals surface area (Å²) in [7, 11) is 1.65. The van der Waals surface area contributed by atoms with E-state index >= 15 is 0 Å². The molecule has 0 radical (unpaired) electrons. The average Bonchev–Trinajstić information content (AvgIpc) is 2.27. The maximum atomic E-state index is 12.0. The Bertz CT molecular complexity index is 396. The van der Waals surface area contributed by atoms with Crippen molar-refractivity contribution in [3.63, 3.8) is 0 Å². The van der Waals surface area contributed by atoms with Crippen LogP contribution >= 0.6 is 0 Å². The molecule has 0 saturated carbocycles. The highest BCUT2D eigenvalue weighted by Gasteiger charge is 2.20. The molecule has 0 aromatic carbocycles. The normalized spacial score (nSPS) is 11.2. The predicted molar refractivity (Wildman–Crippen MR) is 71.7 cm³/mol. The maximum Gasteiger partial charge on any atom is 0.272 e. The van der Waals surface area contributed by atoms with Gasteiger partial charge in [0.1, 0.15) is 5.69 Å². The summed E-state index contributed by atoms with van der Waals surface area (Å²) in [6.45, 7) is 6.41. The van der Waals surface area contributed by atoms with Gasteiger partial charge in [-0.2, -0.15) is 0 Å². The van der Waals surface area contributed by atoms with Crippen molar-refractivity contribution in [1.82, 2.24) is 9.88 Å². The second-order valence-electron chi connectivity index (χ2n) is 4.94.